The minimum absolute atomic E-state index is 0.117. The van der Waals surface area contributed by atoms with Crippen molar-refractivity contribution in [3.63, 3.8) is 0 Å². The van der Waals surface area contributed by atoms with Gasteiger partial charge in [0.25, 0.3) is 5.91 Å². The summed E-state index contributed by atoms with van der Waals surface area (Å²) in [7, 11) is 0. The van der Waals surface area contributed by atoms with Crippen molar-refractivity contribution in [2.24, 2.45) is 0 Å². The number of hydrogen-bond acceptors (Lipinski definition) is 5. The standard InChI is InChI=1S/C20H27N5O2/c26-20(18-6-1-2-7-19(18)24-15-21-22-16-24)25-9-4-3-5-17(25)8-10-23-11-13-27-14-12-23/h1-2,6-7,15-17H,3-5,8-14H2/t17-/m0/s1. The fraction of sp³-hybridized carbons (Fsp3) is 0.550. The molecule has 0 bridgehead atoms. The van der Waals surface area contributed by atoms with Crippen LogP contribution < -0.4 is 0 Å². The quantitative estimate of drug-likeness (QED) is 0.806. The zero-order chi connectivity index (χ0) is 18.5. The van der Waals surface area contributed by atoms with Crippen LogP contribution in [-0.2, 0) is 4.74 Å². The third kappa shape index (κ3) is 4.20. The predicted octanol–water partition coefficient (Wildman–Crippen LogP) is 1.98. The summed E-state index contributed by atoms with van der Waals surface area (Å²) in [5.74, 6) is 0.117. The lowest BCUT2D eigenvalue weighted by Gasteiger charge is -2.38. The molecule has 0 aliphatic carbocycles. The molecule has 1 aromatic carbocycles. The number of amides is 1. The van der Waals surface area contributed by atoms with Gasteiger partial charge in [0.15, 0.2) is 0 Å². The Labute approximate surface area is 159 Å². The van der Waals surface area contributed by atoms with Crippen LogP contribution in [0.2, 0.25) is 0 Å². The van der Waals surface area contributed by atoms with Crippen molar-refractivity contribution in [1.82, 2.24) is 24.6 Å². The Morgan fingerprint density at radius 1 is 1.07 bits per heavy atom. The number of hydrogen-bond donors (Lipinski definition) is 0. The minimum atomic E-state index is 0.117. The van der Waals surface area contributed by atoms with Crippen LogP contribution in [0.25, 0.3) is 5.69 Å². The van der Waals surface area contributed by atoms with Crippen molar-refractivity contribution >= 4 is 5.91 Å². The van der Waals surface area contributed by atoms with Crippen molar-refractivity contribution in [1.29, 1.82) is 0 Å². The summed E-state index contributed by atoms with van der Waals surface area (Å²) in [4.78, 5) is 18.0. The molecule has 2 aliphatic rings. The Bertz CT molecular complexity index is 743. The Morgan fingerprint density at radius 3 is 2.67 bits per heavy atom. The molecule has 4 rings (SSSR count). The van der Waals surface area contributed by atoms with E-state index >= 15 is 0 Å². The average molecular weight is 369 g/mol. The van der Waals surface area contributed by atoms with E-state index in [0.29, 0.717) is 6.04 Å². The molecule has 2 fully saturated rings. The lowest BCUT2D eigenvalue weighted by Crippen LogP contribution is -2.46. The molecule has 2 saturated heterocycles. The maximum absolute atomic E-state index is 13.4. The van der Waals surface area contributed by atoms with Gasteiger partial charge in [-0.1, -0.05) is 12.1 Å². The highest BCUT2D eigenvalue weighted by atomic mass is 16.5. The molecule has 0 N–H and O–H groups in total. The smallest absolute Gasteiger partial charge is 0.256 e. The molecular formula is C20H27N5O2. The Kier molecular flexibility index (Phi) is 5.79. The van der Waals surface area contributed by atoms with Crippen LogP contribution in [0, 0.1) is 0 Å². The van der Waals surface area contributed by atoms with Crippen molar-refractivity contribution < 1.29 is 9.53 Å². The molecule has 144 valence electrons. The normalized spacial score (nSPS) is 21.3. The average Bonchev–Trinajstić information content (AvgIpc) is 3.27. The number of aromatic nitrogens is 3. The number of piperidine rings is 1. The molecule has 0 saturated carbocycles. The van der Waals surface area contributed by atoms with Crippen LogP contribution in [-0.4, -0.2) is 75.9 Å². The van der Waals surface area contributed by atoms with Crippen LogP contribution >= 0.6 is 0 Å². The Balaban J connectivity index is 1.49. The van der Waals surface area contributed by atoms with E-state index in [4.69, 9.17) is 4.74 Å². The van der Waals surface area contributed by atoms with Crippen LogP contribution in [0.1, 0.15) is 36.0 Å². The van der Waals surface area contributed by atoms with Gasteiger partial charge in [-0.2, -0.15) is 0 Å². The monoisotopic (exact) mass is 369 g/mol. The second-order valence-corrected chi connectivity index (χ2v) is 7.28. The van der Waals surface area contributed by atoms with Gasteiger partial charge in [-0.05, 0) is 37.8 Å². The first-order valence-electron chi connectivity index (χ1n) is 9.88. The van der Waals surface area contributed by atoms with E-state index in [0.717, 1.165) is 69.9 Å². The van der Waals surface area contributed by atoms with Gasteiger partial charge in [-0.3, -0.25) is 14.3 Å². The number of benzene rings is 1. The van der Waals surface area contributed by atoms with Gasteiger partial charge in [-0.15, -0.1) is 10.2 Å². The van der Waals surface area contributed by atoms with Crippen molar-refractivity contribution in [2.45, 2.75) is 31.7 Å². The van der Waals surface area contributed by atoms with Gasteiger partial charge in [0.2, 0.25) is 0 Å². The van der Waals surface area contributed by atoms with Gasteiger partial charge < -0.3 is 9.64 Å². The first-order valence-corrected chi connectivity index (χ1v) is 9.88. The number of para-hydroxylation sites is 1. The summed E-state index contributed by atoms with van der Waals surface area (Å²) >= 11 is 0. The second kappa shape index (κ2) is 8.63. The molecule has 1 amide bonds. The molecule has 1 atom stereocenters. The van der Waals surface area contributed by atoms with E-state index in [9.17, 15) is 4.79 Å². The molecule has 2 aromatic rings. The highest BCUT2D eigenvalue weighted by Crippen LogP contribution is 2.25. The zero-order valence-corrected chi connectivity index (χ0v) is 15.7. The highest BCUT2D eigenvalue weighted by molar-refractivity contribution is 5.98. The number of ether oxygens (including phenoxy) is 1. The molecule has 1 aromatic heterocycles. The molecule has 0 spiro atoms. The maximum Gasteiger partial charge on any atom is 0.256 e. The number of nitrogens with zero attached hydrogens (tertiary/aromatic N) is 5. The third-order valence-electron chi connectivity index (χ3n) is 5.60. The lowest BCUT2D eigenvalue weighted by molar-refractivity contribution is 0.0295. The van der Waals surface area contributed by atoms with E-state index in [1.807, 2.05) is 24.3 Å². The van der Waals surface area contributed by atoms with E-state index in [1.54, 1.807) is 17.2 Å². The first-order chi connectivity index (χ1) is 13.3. The molecule has 7 nitrogen and oxygen atoms in total. The maximum atomic E-state index is 13.4. The molecule has 2 aliphatic heterocycles. The van der Waals surface area contributed by atoms with E-state index < -0.39 is 0 Å². The first kappa shape index (κ1) is 18.1. The van der Waals surface area contributed by atoms with Crippen molar-refractivity contribution in [3.05, 3.63) is 42.5 Å². The van der Waals surface area contributed by atoms with Gasteiger partial charge in [0, 0.05) is 32.2 Å². The zero-order valence-electron chi connectivity index (χ0n) is 15.7. The van der Waals surface area contributed by atoms with Gasteiger partial charge >= 0.3 is 0 Å². The van der Waals surface area contributed by atoms with E-state index in [-0.39, 0.29) is 5.91 Å². The lowest BCUT2D eigenvalue weighted by atomic mass is 9.97. The fourth-order valence-corrected chi connectivity index (χ4v) is 4.08. The number of carbonyl (C=O) groups excluding carboxylic acids is 1. The number of carbonyl (C=O) groups is 1. The largest absolute Gasteiger partial charge is 0.379 e. The Morgan fingerprint density at radius 2 is 1.85 bits per heavy atom. The van der Waals surface area contributed by atoms with E-state index in [2.05, 4.69) is 20.0 Å². The molecule has 3 heterocycles. The highest BCUT2D eigenvalue weighted by Gasteiger charge is 2.29. The van der Waals surface area contributed by atoms with Crippen LogP contribution in [0.15, 0.2) is 36.9 Å². The summed E-state index contributed by atoms with van der Waals surface area (Å²) < 4.78 is 7.24. The Hall–Kier alpha value is -2.25. The minimum Gasteiger partial charge on any atom is -0.379 e. The SMILES string of the molecule is O=C(c1ccccc1-n1cnnc1)N1CCCC[C@H]1CCN1CCOCC1. The number of likely N-dealkylation sites (tertiary alicyclic amines) is 1. The summed E-state index contributed by atoms with van der Waals surface area (Å²) in [5, 5.41) is 7.76. The van der Waals surface area contributed by atoms with Crippen LogP contribution in [0.5, 0.6) is 0 Å². The summed E-state index contributed by atoms with van der Waals surface area (Å²) in [6.45, 7) is 5.50. The third-order valence-corrected chi connectivity index (χ3v) is 5.60. The van der Waals surface area contributed by atoms with Crippen molar-refractivity contribution in [3.8, 4) is 5.69 Å². The van der Waals surface area contributed by atoms with Gasteiger partial charge in [0.1, 0.15) is 12.7 Å². The molecule has 0 radical (unpaired) electrons. The number of rotatable bonds is 5. The molecular weight excluding hydrogens is 342 g/mol. The van der Waals surface area contributed by atoms with Gasteiger partial charge in [0.05, 0.1) is 24.5 Å². The summed E-state index contributed by atoms with van der Waals surface area (Å²) in [6.07, 6.45) is 7.67. The molecule has 0 unspecified atom stereocenters. The van der Waals surface area contributed by atoms with Crippen molar-refractivity contribution in [2.75, 3.05) is 39.4 Å². The predicted molar refractivity (Wildman–Crippen MR) is 102 cm³/mol. The van der Waals surface area contributed by atoms with Crippen LogP contribution in [0.4, 0.5) is 0 Å². The van der Waals surface area contributed by atoms with E-state index in [1.165, 1.54) is 6.42 Å². The van der Waals surface area contributed by atoms with Crippen LogP contribution in [0.3, 0.4) is 0 Å². The molecule has 27 heavy (non-hydrogen) atoms. The topological polar surface area (TPSA) is 63.5 Å². The fourth-order valence-electron chi connectivity index (χ4n) is 4.08. The number of morpholine rings is 1. The summed E-state index contributed by atoms with van der Waals surface area (Å²) in [6, 6.07) is 8.03. The van der Waals surface area contributed by atoms with Gasteiger partial charge in [-0.25, -0.2) is 0 Å². The molecule has 7 heteroatoms. The second-order valence-electron chi connectivity index (χ2n) is 7.28. The summed E-state index contributed by atoms with van der Waals surface area (Å²) in [5.41, 5.74) is 1.56.